The van der Waals surface area contributed by atoms with Crippen molar-refractivity contribution in [3.8, 4) is 0 Å². The van der Waals surface area contributed by atoms with E-state index in [2.05, 4.69) is 0 Å². The van der Waals surface area contributed by atoms with E-state index in [4.69, 9.17) is 4.74 Å². The predicted molar refractivity (Wildman–Crippen MR) is 27.4 cm³/mol. The summed E-state index contributed by atoms with van der Waals surface area (Å²) < 4.78 is 4.98. The van der Waals surface area contributed by atoms with Gasteiger partial charge in [-0.1, -0.05) is 6.08 Å². The van der Waals surface area contributed by atoms with E-state index in [1.165, 1.54) is 0 Å². The summed E-state index contributed by atoms with van der Waals surface area (Å²) in [6.45, 7) is 0. The van der Waals surface area contributed by atoms with Crippen LogP contribution in [0.25, 0.3) is 0 Å². The molecule has 0 N–H and O–H groups in total. The van der Waals surface area contributed by atoms with Gasteiger partial charge < -0.3 is 4.74 Å². The zero-order chi connectivity index (χ0) is 5.56. The second kappa shape index (κ2) is 1.20. The SMILES string of the molecule is O=C1C=CCC2OC12. The second-order valence-corrected chi connectivity index (χ2v) is 2.14. The van der Waals surface area contributed by atoms with Crippen LogP contribution in [0, 0.1) is 0 Å². The number of carbonyl (C=O) groups is 1. The zero-order valence-corrected chi connectivity index (χ0v) is 4.33. The first kappa shape index (κ1) is 4.27. The Kier molecular flexibility index (Phi) is 0.641. The number of carbonyl (C=O) groups excluding carboxylic acids is 1. The monoisotopic (exact) mass is 110 g/mol. The molecule has 0 aromatic heterocycles. The highest BCUT2D eigenvalue weighted by molar-refractivity contribution is 5.96. The van der Waals surface area contributed by atoms with Gasteiger partial charge >= 0.3 is 0 Å². The molecule has 2 aliphatic rings. The maximum absolute atomic E-state index is 10.6. The topological polar surface area (TPSA) is 29.6 Å². The summed E-state index contributed by atoms with van der Waals surface area (Å²) in [5.74, 6) is 0.140. The van der Waals surface area contributed by atoms with E-state index in [1.54, 1.807) is 6.08 Å². The van der Waals surface area contributed by atoms with Gasteiger partial charge in [-0.15, -0.1) is 0 Å². The first-order valence-electron chi connectivity index (χ1n) is 2.74. The van der Waals surface area contributed by atoms with Crippen LogP contribution in [0.4, 0.5) is 0 Å². The van der Waals surface area contributed by atoms with Gasteiger partial charge in [-0.3, -0.25) is 4.79 Å². The van der Waals surface area contributed by atoms with Crippen molar-refractivity contribution in [3.05, 3.63) is 12.2 Å². The number of ketones is 1. The van der Waals surface area contributed by atoms with E-state index in [-0.39, 0.29) is 18.0 Å². The molecule has 2 rings (SSSR count). The van der Waals surface area contributed by atoms with Crippen LogP contribution in [0.1, 0.15) is 6.42 Å². The van der Waals surface area contributed by atoms with Crippen LogP contribution in [0.2, 0.25) is 0 Å². The third kappa shape index (κ3) is 0.434. The van der Waals surface area contributed by atoms with Crippen molar-refractivity contribution >= 4 is 5.78 Å². The molecule has 42 valence electrons. The van der Waals surface area contributed by atoms with Crippen LogP contribution in [-0.4, -0.2) is 18.0 Å². The number of epoxide rings is 1. The summed E-state index contributed by atoms with van der Waals surface area (Å²) in [4.78, 5) is 10.6. The van der Waals surface area contributed by atoms with Crippen molar-refractivity contribution in [1.82, 2.24) is 0 Å². The molecule has 8 heavy (non-hydrogen) atoms. The van der Waals surface area contributed by atoms with Crippen LogP contribution in [0.3, 0.4) is 0 Å². The lowest BCUT2D eigenvalue weighted by Crippen LogP contribution is -2.09. The molecular formula is C6H6O2. The van der Waals surface area contributed by atoms with Crippen molar-refractivity contribution in [2.75, 3.05) is 0 Å². The van der Waals surface area contributed by atoms with Gasteiger partial charge in [0, 0.05) is 0 Å². The summed E-state index contributed by atoms with van der Waals surface area (Å²) in [7, 11) is 0. The summed E-state index contributed by atoms with van der Waals surface area (Å²) in [6, 6.07) is 0. The van der Waals surface area contributed by atoms with E-state index in [9.17, 15) is 4.79 Å². The Morgan fingerprint density at radius 1 is 1.75 bits per heavy atom. The molecule has 1 aliphatic carbocycles. The molecule has 1 fully saturated rings. The van der Waals surface area contributed by atoms with Crippen LogP contribution in [0.5, 0.6) is 0 Å². The first-order chi connectivity index (χ1) is 3.88. The number of fused-ring (bicyclic) bond motifs is 1. The Morgan fingerprint density at radius 2 is 2.62 bits per heavy atom. The summed E-state index contributed by atoms with van der Waals surface area (Å²) in [5, 5.41) is 0. The number of hydrogen-bond donors (Lipinski definition) is 0. The lowest BCUT2D eigenvalue weighted by molar-refractivity contribution is -0.115. The molecule has 1 heterocycles. The molecule has 1 aliphatic heterocycles. The predicted octanol–water partition coefficient (Wildman–Crippen LogP) is 0.283. The van der Waals surface area contributed by atoms with Crippen molar-refractivity contribution in [2.24, 2.45) is 0 Å². The quantitative estimate of drug-likeness (QED) is 0.419. The molecule has 0 radical (unpaired) electrons. The van der Waals surface area contributed by atoms with Gasteiger partial charge in [-0.05, 0) is 12.5 Å². The minimum absolute atomic E-state index is 0.0556. The molecule has 2 nitrogen and oxygen atoms in total. The van der Waals surface area contributed by atoms with E-state index in [0.29, 0.717) is 0 Å². The third-order valence-electron chi connectivity index (χ3n) is 1.51. The summed E-state index contributed by atoms with van der Waals surface area (Å²) >= 11 is 0. The molecule has 0 amide bonds. The minimum Gasteiger partial charge on any atom is -0.361 e. The average molecular weight is 110 g/mol. The van der Waals surface area contributed by atoms with Gasteiger partial charge in [-0.25, -0.2) is 0 Å². The first-order valence-corrected chi connectivity index (χ1v) is 2.74. The molecule has 2 atom stereocenters. The number of hydrogen-bond acceptors (Lipinski definition) is 2. The van der Waals surface area contributed by atoms with Crippen molar-refractivity contribution in [2.45, 2.75) is 18.6 Å². The van der Waals surface area contributed by atoms with Gasteiger partial charge in [0.15, 0.2) is 5.78 Å². The van der Waals surface area contributed by atoms with Crippen molar-refractivity contribution in [3.63, 3.8) is 0 Å². The molecule has 0 spiro atoms. The lowest BCUT2D eigenvalue weighted by Gasteiger charge is -1.91. The van der Waals surface area contributed by atoms with Crippen molar-refractivity contribution in [1.29, 1.82) is 0 Å². The van der Waals surface area contributed by atoms with Crippen LogP contribution >= 0.6 is 0 Å². The van der Waals surface area contributed by atoms with Gasteiger partial charge in [0.1, 0.15) is 6.10 Å². The largest absolute Gasteiger partial charge is 0.361 e. The normalized spacial score (nSPS) is 41.8. The summed E-state index contributed by atoms with van der Waals surface area (Å²) in [6.07, 6.45) is 4.59. The Bertz CT molecular complexity index is 160. The maximum Gasteiger partial charge on any atom is 0.186 e. The van der Waals surface area contributed by atoms with Gasteiger partial charge in [-0.2, -0.15) is 0 Å². The van der Waals surface area contributed by atoms with Crippen molar-refractivity contribution < 1.29 is 9.53 Å². The highest BCUT2D eigenvalue weighted by atomic mass is 16.6. The highest BCUT2D eigenvalue weighted by Gasteiger charge is 2.44. The fourth-order valence-electron chi connectivity index (χ4n) is 0.986. The molecule has 1 saturated heterocycles. The molecule has 0 saturated carbocycles. The molecule has 0 aromatic carbocycles. The fraction of sp³-hybridized carbons (Fsp3) is 0.500. The summed E-state index contributed by atoms with van der Waals surface area (Å²) in [5.41, 5.74) is 0. The number of ether oxygens (including phenoxy) is 1. The molecule has 2 unspecified atom stereocenters. The Labute approximate surface area is 47.1 Å². The second-order valence-electron chi connectivity index (χ2n) is 2.14. The van der Waals surface area contributed by atoms with Gasteiger partial charge in [0.2, 0.25) is 0 Å². The lowest BCUT2D eigenvalue weighted by atomic mass is 10.1. The molecule has 0 bridgehead atoms. The Hall–Kier alpha value is -0.630. The Morgan fingerprint density at radius 3 is 3.25 bits per heavy atom. The highest BCUT2D eigenvalue weighted by Crippen LogP contribution is 2.29. The Balaban J connectivity index is 2.24. The molecule has 0 aromatic rings. The molecule has 2 heteroatoms. The zero-order valence-electron chi connectivity index (χ0n) is 4.33. The van der Waals surface area contributed by atoms with Crippen LogP contribution in [0.15, 0.2) is 12.2 Å². The van der Waals surface area contributed by atoms with Gasteiger partial charge in [0.05, 0.1) is 6.10 Å². The van der Waals surface area contributed by atoms with E-state index in [1.807, 2.05) is 6.08 Å². The van der Waals surface area contributed by atoms with Crippen LogP contribution < -0.4 is 0 Å². The van der Waals surface area contributed by atoms with E-state index < -0.39 is 0 Å². The fourth-order valence-corrected chi connectivity index (χ4v) is 0.986. The standard InChI is InChI=1S/C6H6O2/c7-4-2-1-3-5-6(4)8-5/h1-2,5-6H,3H2. The van der Waals surface area contributed by atoms with E-state index >= 15 is 0 Å². The number of rotatable bonds is 0. The van der Waals surface area contributed by atoms with E-state index in [0.717, 1.165) is 6.42 Å². The molecular weight excluding hydrogens is 104 g/mol. The third-order valence-corrected chi connectivity index (χ3v) is 1.51. The minimum atomic E-state index is -0.0556. The van der Waals surface area contributed by atoms with Gasteiger partial charge in [0.25, 0.3) is 0 Å². The smallest absolute Gasteiger partial charge is 0.186 e. The van der Waals surface area contributed by atoms with Crippen LogP contribution in [-0.2, 0) is 9.53 Å². The maximum atomic E-state index is 10.6. The average Bonchev–Trinajstić information content (AvgIpc) is 2.45.